The van der Waals surface area contributed by atoms with Crippen molar-refractivity contribution in [2.75, 3.05) is 27.4 Å². The summed E-state index contributed by atoms with van der Waals surface area (Å²) in [5.74, 6) is 0. The molecule has 0 atom stereocenters. The van der Waals surface area contributed by atoms with Crippen LogP contribution in [0.2, 0.25) is 0 Å². The molecule has 2 aromatic rings. The van der Waals surface area contributed by atoms with Gasteiger partial charge in [-0.15, -0.1) is 0 Å². The molecule has 0 saturated carbocycles. The van der Waals surface area contributed by atoms with E-state index in [1.807, 2.05) is 0 Å². The van der Waals surface area contributed by atoms with Crippen molar-refractivity contribution >= 4 is 31.9 Å². The number of aryl methyl sites for hydroxylation is 1. The average molecular weight is 482 g/mol. The van der Waals surface area contributed by atoms with Gasteiger partial charge in [-0.05, 0) is 84.7 Å². The molecule has 0 unspecified atom stereocenters. The molecule has 4 heteroatoms. The SMILES string of the molecule is COCCCC1(CCCOC)c2cc(Br)ccc2-c2cc(C)c(Br)cc21. The molecule has 1 aliphatic carbocycles. The third-order valence-corrected chi connectivity index (χ3v) is 6.85. The maximum absolute atomic E-state index is 5.37. The van der Waals surface area contributed by atoms with Crippen molar-refractivity contribution in [3.8, 4) is 11.1 Å². The molecule has 0 fully saturated rings. The molecule has 2 nitrogen and oxygen atoms in total. The van der Waals surface area contributed by atoms with Crippen molar-refractivity contribution in [3.05, 3.63) is 56.0 Å². The first-order chi connectivity index (χ1) is 12.5. The Labute approximate surface area is 173 Å². The number of hydrogen-bond acceptors (Lipinski definition) is 2. The Balaban J connectivity index is 2.17. The van der Waals surface area contributed by atoms with Gasteiger partial charge in [0.15, 0.2) is 0 Å². The molecule has 0 amide bonds. The Morgan fingerprint density at radius 1 is 0.846 bits per heavy atom. The Morgan fingerprint density at radius 2 is 1.46 bits per heavy atom. The predicted molar refractivity (Wildman–Crippen MR) is 115 cm³/mol. The van der Waals surface area contributed by atoms with Gasteiger partial charge in [-0.3, -0.25) is 0 Å². The average Bonchev–Trinajstić information content (AvgIpc) is 2.86. The quantitative estimate of drug-likeness (QED) is 0.393. The third kappa shape index (κ3) is 3.66. The zero-order valence-corrected chi connectivity index (χ0v) is 18.9. The van der Waals surface area contributed by atoms with Crippen LogP contribution in [0.5, 0.6) is 0 Å². The topological polar surface area (TPSA) is 18.5 Å². The minimum absolute atomic E-state index is 0.0156. The maximum atomic E-state index is 5.37. The Morgan fingerprint density at radius 3 is 2.08 bits per heavy atom. The highest BCUT2D eigenvalue weighted by atomic mass is 79.9. The molecule has 140 valence electrons. The van der Waals surface area contributed by atoms with E-state index >= 15 is 0 Å². The second-order valence-electron chi connectivity index (χ2n) is 7.11. The van der Waals surface area contributed by atoms with Crippen LogP contribution in [0.4, 0.5) is 0 Å². The standard InChI is InChI=1S/C22H26Br2O2/c1-15-12-18-17-7-6-16(23)13-19(17)22(8-4-10-25-2,9-5-11-26-3)20(18)14-21(15)24/h6-7,12-14H,4-5,8-11H2,1-3H3. The van der Waals surface area contributed by atoms with Crippen molar-refractivity contribution in [2.45, 2.75) is 38.0 Å². The number of methoxy groups -OCH3 is 2. The number of hydrogen-bond donors (Lipinski definition) is 0. The van der Waals surface area contributed by atoms with Gasteiger partial charge in [-0.2, -0.15) is 0 Å². The number of benzene rings is 2. The summed E-state index contributed by atoms with van der Waals surface area (Å²) in [6.45, 7) is 3.74. The smallest absolute Gasteiger partial charge is 0.0462 e. The Kier molecular flexibility index (Phi) is 6.60. The van der Waals surface area contributed by atoms with Crippen LogP contribution in [0.25, 0.3) is 11.1 Å². The Hall–Kier alpha value is -0.680. The second-order valence-corrected chi connectivity index (χ2v) is 8.88. The summed E-state index contributed by atoms with van der Waals surface area (Å²) in [6.07, 6.45) is 4.24. The van der Waals surface area contributed by atoms with Crippen LogP contribution in [0.3, 0.4) is 0 Å². The normalized spacial score (nSPS) is 14.3. The number of rotatable bonds is 8. The minimum atomic E-state index is 0.0156. The lowest BCUT2D eigenvalue weighted by atomic mass is 9.71. The minimum Gasteiger partial charge on any atom is -0.385 e. The van der Waals surface area contributed by atoms with Gasteiger partial charge in [0.2, 0.25) is 0 Å². The summed E-state index contributed by atoms with van der Waals surface area (Å²) in [7, 11) is 3.56. The molecular weight excluding hydrogens is 456 g/mol. The van der Waals surface area contributed by atoms with E-state index in [2.05, 4.69) is 69.1 Å². The van der Waals surface area contributed by atoms with Crippen molar-refractivity contribution in [1.82, 2.24) is 0 Å². The van der Waals surface area contributed by atoms with Crippen LogP contribution in [-0.2, 0) is 14.9 Å². The second kappa shape index (κ2) is 8.55. The molecule has 0 saturated heterocycles. The number of fused-ring (bicyclic) bond motifs is 3. The van der Waals surface area contributed by atoms with Crippen LogP contribution in [-0.4, -0.2) is 27.4 Å². The van der Waals surface area contributed by atoms with Crippen LogP contribution in [0, 0.1) is 6.92 Å². The fourth-order valence-corrected chi connectivity index (χ4v) is 5.00. The van der Waals surface area contributed by atoms with Crippen molar-refractivity contribution in [2.24, 2.45) is 0 Å². The summed E-state index contributed by atoms with van der Waals surface area (Å²) in [4.78, 5) is 0. The van der Waals surface area contributed by atoms with E-state index in [-0.39, 0.29) is 5.41 Å². The van der Waals surface area contributed by atoms with E-state index in [1.165, 1.54) is 32.3 Å². The fourth-order valence-electron chi connectivity index (χ4n) is 4.29. The zero-order valence-electron chi connectivity index (χ0n) is 15.7. The van der Waals surface area contributed by atoms with E-state index in [1.54, 1.807) is 14.2 Å². The highest BCUT2D eigenvalue weighted by Crippen LogP contribution is 2.55. The summed E-state index contributed by atoms with van der Waals surface area (Å²) >= 11 is 7.46. The highest BCUT2D eigenvalue weighted by molar-refractivity contribution is 9.10. The van der Waals surface area contributed by atoms with E-state index in [4.69, 9.17) is 9.47 Å². The van der Waals surface area contributed by atoms with Crippen LogP contribution in [0.15, 0.2) is 39.3 Å². The summed E-state index contributed by atoms with van der Waals surface area (Å²) in [5.41, 5.74) is 6.92. The molecule has 0 N–H and O–H groups in total. The maximum Gasteiger partial charge on any atom is 0.0462 e. The summed E-state index contributed by atoms with van der Waals surface area (Å²) < 4.78 is 13.1. The molecule has 0 spiro atoms. The molecule has 1 aliphatic rings. The number of halogens is 2. The van der Waals surface area contributed by atoms with Crippen molar-refractivity contribution in [3.63, 3.8) is 0 Å². The molecule has 3 rings (SSSR count). The lowest BCUT2D eigenvalue weighted by Crippen LogP contribution is -2.26. The van der Waals surface area contributed by atoms with Crippen LogP contribution < -0.4 is 0 Å². The molecule has 0 aromatic heterocycles. The van der Waals surface area contributed by atoms with Crippen LogP contribution in [0.1, 0.15) is 42.4 Å². The van der Waals surface area contributed by atoms with Gasteiger partial charge in [0, 0.05) is 41.8 Å². The van der Waals surface area contributed by atoms with Crippen molar-refractivity contribution < 1.29 is 9.47 Å². The summed E-state index contributed by atoms with van der Waals surface area (Å²) in [5, 5.41) is 0. The highest BCUT2D eigenvalue weighted by Gasteiger charge is 2.42. The Bertz CT molecular complexity index is 776. The summed E-state index contributed by atoms with van der Waals surface area (Å²) in [6, 6.07) is 11.4. The van der Waals surface area contributed by atoms with Gasteiger partial charge in [-0.25, -0.2) is 0 Å². The van der Waals surface area contributed by atoms with Gasteiger partial charge in [-0.1, -0.05) is 37.9 Å². The molecule has 0 aliphatic heterocycles. The lowest BCUT2D eigenvalue weighted by molar-refractivity contribution is 0.173. The molecule has 26 heavy (non-hydrogen) atoms. The lowest BCUT2D eigenvalue weighted by Gasteiger charge is -2.33. The van der Waals surface area contributed by atoms with Gasteiger partial charge in [0.25, 0.3) is 0 Å². The largest absolute Gasteiger partial charge is 0.385 e. The van der Waals surface area contributed by atoms with E-state index in [0.717, 1.165) is 43.4 Å². The van der Waals surface area contributed by atoms with E-state index in [9.17, 15) is 0 Å². The molecule has 0 heterocycles. The van der Waals surface area contributed by atoms with Gasteiger partial charge < -0.3 is 9.47 Å². The molecule has 0 bridgehead atoms. The number of ether oxygens (including phenoxy) is 2. The van der Waals surface area contributed by atoms with E-state index < -0.39 is 0 Å². The first kappa shape index (κ1) is 20.1. The van der Waals surface area contributed by atoms with Crippen LogP contribution >= 0.6 is 31.9 Å². The fraction of sp³-hybridized carbons (Fsp3) is 0.455. The third-order valence-electron chi connectivity index (χ3n) is 5.51. The zero-order chi connectivity index (χ0) is 18.7. The monoisotopic (exact) mass is 480 g/mol. The first-order valence-corrected chi connectivity index (χ1v) is 10.7. The van der Waals surface area contributed by atoms with Gasteiger partial charge in [0.1, 0.15) is 0 Å². The molecular formula is C22H26Br2O2. The predicted octanol–water partition coefficient (Wildman–Crippen LogP) is 6.64. The van der Waals surface area contributed by atoms with Gasteiger partial charge >= 0.3 is 0 Å². The van der Waals surface area contributed by atoms with Gasteiger partial charge in [0.05, 0.1) is 0 Å². The van der Waals surface area contributed by atoms with E-state index in [0.29, 0.717) is 0 Å². The van der Waals surface area contributed by atoms with Crippen molar-refractivity contribution in [1.29, 1.82) is 0 Å². The molecule has 2 aromatic carbocycles. The molecule has 0 radical (unpaired) electrons. The first-order valence-electron chi connectivity index (χ1n) is 9.12.